The number of rotatable bonds is 3. The average molecular weight is 272 g/mol. The molecule has 1 aliphatic rings. The Hall–Kier alpha value is -1.23. The van der Waals surface area contributed by atoms with Crippen LogP contribution < -0.4 is 10.2 Å². The molecular weight excluding hydrogens is 253 g/mol. The Labute approximate surface area is 111 Å². The van der Waals surface area contributed by atoms with Gasteiger partial charge >= 0.3 is 6.18 Å². The van der Waals surface area contributed by atoms with Gasteiger partial charge in [-0.3, -0.25) is 0 Å². The zero-order chi connectivity index (χ0) is 13.9. The highest BCUT2D eigenvalue weighted by Gasteiger charge is 2.35. The van der Waals surface area contributed by atoms with Crippen molar-refractivity contribution in [2.45, 2.75) is 19.0 Å². The van der Waals surface area contributed by atoms with Crippen LogP contribution in [0.15, 0.2) is 24.3 Å². The molecule has 1 aromatic carbocycles. The second-order valence-electron chi connectivity index (χ2n) is 5.03. The van der Waals surface area contributed by atoms with E-state index in [0.29, 0.717) is 24.7 Å². The van der Waals surface area contributed by atoms with Gasteiger partial charge in [-0.25, -0.2) is 0 Å². The fraction of sp³-hybridized carbons (Fsp3) is 0.571. The number of piperidine rings is 1. The molecule has 5 heteroatoms. The van der Waals surface area contributed by atoms with Crippen LogP contribution >= 0.6 is 0 Å². The molecule has 0 aromatic heterocycles. The zero-order valence-corrected chi connectivity index (χ0v) is 11.0. The Bertz CT molecular complexity index is 415. The lowest BCUT2D eigenvalue weighted by Crippen LogP contribution is -2.39. The lowest BCUT2D eigenvalue weighted by Gasteiger charge is -2.35. The van der Waals surface area contributed by atoms with Crippen LogP contribution in [0, 0.1) is 5.92 Å². The van der Waals surface area contributed by atoms with E-state index in [1.165, 1.54) is 6.07 Å². The van der Waals surface area contributed by atoms with E-state index in [9.17, 15) is 13.2 Å². The van der Waals surface area contributed by atoms with Crippen LogP contribution in [-0.4, -0.2) is 26.7 Å². The topological polar surface area (TPSA) is 15.3 Å². The number of nitrogens with one attached hydrogen (secondary N) is 1. The Balaban J connectivity index is 2.21. The molecule has 0 radical (unpaired) electrons. The Morgan fingerprint density at radius 2 is 2.05 bits per heavy atom. The summed E-state index contributed by atoms with van der Waals surface area (Å²) in [6.07, 6.45) is -2.27. The van der Waals surface area contributed by atoms with Crippen LogP contribution in [0.25, 0.3) is 0 Å². The van der Waals surface area contributed by atoms with E-state index in [0.717, 1.165) is 25.5 Å². The van der Waals surface area contributed by atoms with Crippen LogP contribution in [0.2, 0.25) is 0 Å². The van der Waals surface area contributed by atoms with Crippen molar-refractivity contribution >= 4 is 5.69 Å². The molecule has 0 amide bonds. The summed E-state index contributed by atoms with van der Waals surface area (Å²) in [5.41, 5.74) is -0.212. The predicted octanol–water partition coefficient (Wildman–Crippen LogP) is 3.14. The van der Waals surface area contributed by atoms with Crippen molar-refractivity contribution in [1.29, 1.82) is 0 Å². The molecule has 0 spiro atoms. The number of alkyl halides is 3. The van der Waals surface area contributed by atoms with Gasteiger partial charge in [0.2, 0.25) is 0 Å². The van der Waals surface area contributed by atoms with Crippen LogP contribution in [-0.2, 0) is 6.18 Å². The molecule has 2 rings (SSSR count). The molecule has 106 valence electrons. The summed E-state index contributed by atoms with van der Waals surface area (Å²) in [5, 5.41) is 3.11. The molecule has 1 heterocycles. The number of benzene rings is 1. The van der Waals surface area contributed by atoms with Crippen molar-refractivity contribution in [2.24, 2.45) is 5.92 Å². The Morgan fingerprint density at radius 3 is 2.74 bits per heavy atom. The molecule has 19 heavy (non-hydrogen) atoms. The highest BCUT2D eigenvalue weighted by atomic mass is 19.4. The number of hydrogen-bond acceptors (Lipinski definition) is 2. The normalized spacial score (nSPS) is 20.6. The fourth-order valence-electron chi connectivity index (χ4n) is 2.73. The van der Waals surface area contributed by atoms with Crippen LogP contribution in [0.4, 0.5) is 18.9 Å². The van der Waals surface area contributed by atoms with Gasteiger partial charge < -0.3 is 10.2 Å². The molecule has 1 atom stereocenters. The second-order valence-corrected chi connectivity index (χ2v) is 5.03. The Kier molecular flexibility index (Phi) is 4.34. The highest BCUT2D eigenvalue weighted by Crippen LogP contribution is 2.37. The van der Waals surface area contributed by atoms with Crippen LogP contribution in [0.5, 0.6) is 0 Å². The molecule has 0 bridgehead atoms. The number of nitrogens with zero attached hydrogens (tertiary/aromatic N) is 1. The molecular formula is C14H19F3N2. The van der Waals surface area contributed by atoms with Gasteiger partial charge in [-0.15, -0.1) is 0 Å². The van der Waals surface area contributed by atoms with Gasteiger partial charge in [0.1, 0.15) is 0 Å². The minimum absolute atomic E-state index is 0.316. The molecule has 1 aliphatic heterocycles. The smallest absolute Gasteiger partial charge is 0.371 e. The first-order valence-corrected chi connectivity index (χ1v) is 6.58. The van der Waals surface area contributed by atoms with Gasteiger partial charge in [-0.2, -0.15) is 13.2 Å². The Morgan fingerprint density at radius 1 is 1.32 bits per heavy atom. The van der Waals surface area contributed by atoms with Crippen molar-refractivity contribution in [2.75, 3.05) is 31.6 Å². The van der Waals surface area contributed by atoms with E-state index in [1.54, 1.807) is 12.1 Å². The van der Waals surface area contributed by atoms with E-state index in [2.05, 4.69) is 5.32 Å². The second kappa shape index (κ2) is 5.82. The standard InChI is InChI=1S/C14H19F3N2/c1-18-9-11-5-4-8-19(10-11)13-7-3-2-6-12(13)14(15,16)17/h2-3,6-7,11,18H,4-5,8-10H2,1H3. The van der Waals surface area contributed by atoms with Crippen LogP contribution in [0.3, 0.4) is 0 Å². The number of para-hydroxylation sites is 1. The van der Waals surface area contributed by atoms with Crippen molar-refractivity contribution in [1.82, 2.24) is 5.32 Å². The largest absolute Gasteiger partial charge is 0.418 e. The third kappa shape index (κ3) is 3.41. The quantitative estimate of drug-likeness (QED) is 0.909. The summed E-state index contributed by atoms with van der Waals surface area (Å²) < 4.78 is 39.0. The number of halogens is 3. The lowest BCUT2D eigenvalue weighted by molar-refractivity contribution is -0.137. The monoisotopic (exact) mass is 272 g/mol. The van der Waals surface area contributed by atoms with Crippen molar-refractivity contribution in [3.63, 3.8) is 0 Å². The summed E-state index contributed by atoms with van der Waals surface area (Å²) in [5.74, 6) is 0.417. The maximum Gasteiger partial charge on any atom is 0.418 e. The van der Waals surface area contributed by atoms with Gasteiger partial charge in [0, 0.05) is 18.8 Å². The maximum absolute atomic E-state index is 13.0. The van der Waals surface area contributed by atoms with Crippen LogP contribution in [0.1, 0.15) is 18.4 Å². The van der Waals surface area contributed by atoms with E-state index in [-0.39, 0.29) is 0 Å². The van der Waals surface area contributed by atoms with E-state index < -0.39 is 11.7 Å². The third-order valence-corrected chi connectivity index (χ3v) is 3.56. The lowest BCUT2D eigenvalue weighted by atomic mass is 9.96. The van der Waals surface area contributed by atoms with Crippen molar-refractivity contribution in [3.05, 3.63) is 29.8 Å². The zero-order valence-electron chi connectivity index (χ0n) is 11.0. The summed E-state index contributed by atoms with van der Waals surface area (Å²) in [7, 11) is 1.88. The molecule has 1 N–H and O–H groups in total. The van der Waals surface area contributed by atoms with Gasteiger partial charge in [0.15, 0.2) is 0 Å². The summed E-state index contributed by atoms with van der Waals surface area (Å²) in [6.45, 7) is 2.24. The summed E-state index contributed by atoms with van der Waals surface area (Å²) >= 11 is 0. The molecule has 0 saturated carbocycles. The first-order chi connectivity index (χ1) is 9.02. The van der Waals surface area contributed by atoms with Gasteiger partial charge in [-0.05, 0) is 44.5 Å². The number of anilines is 1. The van der Waals surface area contributed by atoms with Gasteiger partial charge in [0.05, 0.1) is 5.56 Å². The molecule has 0 aliphatic carbocycles. The number of hydrogen-bond donors (Lipinski definition) is 1. The van der Waals surface area contributed by atoms with E-state index >= 15 is 0 Å². The minimum Gasteiger partial charge on any atom is -0.371 e. The van der Waals surface area contributed by atoms with Gasteiger partial charge in [-0.1, -0.05) is 12.1 Å². The average Bonchev–Trinajstić information content (AvgIpc) is 2.38. The summed E-state index contributed by atoms with van der Waals surface area (Å²) in [6, 6.07) is 5.86. The van der Waals surface area contributed by atoms with E-state index in [4.69, 9.17) is 0 Å². The first kappa shape index (κ1) is 14.2. The predicted molar refractivity (Wildman–Crippen MR) is 70.3 cm³/mol. The minimum atomic E-state index is -4.29. The molecule has 1 saturated heterocycles. The highest BCUT2D eigenvalue weighted by molar-refractivity contribution is 5.55. The van der Waals surface area contributed by atoms with Gasteiger partial charge in [0.25, 0.3) is 0 Å². The third-order valence-electron chi connectivity index (χ3n) is 3.56. The van der Waals surface area contributed by atoms with Crippen molar-refractivity contribution < 1.29 is 13.2 Å². The summed E-state index contributed by atoms with van der Waals surface area (Å²) in [4.78, 5) is 1.87. The maximum atomic E-state index is 13.0. The van der Waals surface area contributed by atoms with Crippen molar-refractivity contribution in [3.8, 4) is 0 Å². The SMILES string of the molecule is CNCC1CCCN(c2ccccc2C(F)(F)F)C1. The molecule has 1 fully saturated rings. The molecule has 1 aromatic rings. The van der Waals surface area contributed by atoms with E-state index in [1.807, 2.05) is 11.9 Å². The molecule has 1 unspecified atom stereocenters. The first-order valence-electron chi connectivity index (χ1n) is 6.58. The molecule has 2 nitrogen and oxygen atoms in total. The fourth-order valence-corrected chi connectivity index (χ4v) is 2.73.